The smallest absolute Gasteiger partial charge is 0.243 e. The molecule has 5 heteroatoms. The Bertz CT molecular complexity index is 407. The Morgan fingerprint density at radius 3 is 2.75 bits per heavy atom. The van der Waals surface area contributed by atoms with Crippen LogP contribution in [0.5, 0.6) is 0 Å². The summed E-state index contributed by atoms with van der Waals surface area (Å²) in [5.74, 6) is -2.07. The van der Waals surface area contributed by atoms with E-state index >= 15 is 0 Å². The van der Waals surface area contributed by atoms with E-state index in [0.29, 0.717) is 6.07 Å². The fraction of sp³-hybridized carbons (Fsp3) is 0.182. The molecule has 1 rings (SSSR count). The molecule has 0 heterocycles. The Balaban J connectivity index is 2.94. The summed E-state index contributed by atoms with van der Waals surface area (Å²) < 4.78 is 26.0. The zero-order chi connectivity index (χ0) is 12.1. The van der Waals surface area contributed by atoms with Crippen molar-refractivity contribution in [2.24, 2.45) is 0 Å². The third kappa shape index (κ3) is 2.87. The number of aliphatic hydroxyl groups is 1. The van der Waals surface area contributed by atoms with E-state index in [4.69, 9.17) is 5.11 Å². The van der Waals surface area contributed by atoms with Gasteiger partial charge in [0.1, 0.15) is 11.6 Å². The molecule has 1 unspecified atom stereocenters. The summed E-state index contributed by atoms with van der Waals surface area (Å²) in [6.45, 7) is 2.75. The van der Waals surface area contributed by atoms with Gasteiger partial charge in [0.2, 0.25) is 5.91 Å². The lowest BCUT2D eigenvalue weighted by Gasteiger charge is -2.16. The molecule has 1 atom stereocenters. The summed E-state index contributed by atoms with van der Waals surface area (Å²) >= 11 is 0. The van der Waals surface area contributed by atoms with Gasteiger partial charge in [0.15, 0.2) is 0 Å². The topological polar surface area (TPSA) is 49.3 Å². The van der Waals surface area contributed by atoms with Crippen molar-refractivity contribution in [3.05, 3.63) is 48.1 Å². The second-order valence-electron chi connectivity index (χ2n) is 3.11. The van der Waals surface area contributed by atoms with Gasteiger partial charge in [-0.15, -0.1) is 0 Å². The van der Waals surface area contributed by atoms with Gasteiger partial charge in [0, 0.05) is 11.6 Å². The number of aliphatic hydroxyl groups excluding tert-OH is 1. The van der Waals surface area contributed by atoms with Crippen LogP contribution in [0.25, 0.3) is 0 Å². The zero-order valence-electron chi connectivity index (χ0n) is 8.41. The molecule has 0 fully saturated rings. The maximum Gasteiger partial charge on any atom is 0.243 e. The summed E-state index contributed by atoms with van der Waals surface area (Å²) in [7, 11) is 0. The predicted octanol–water partition coefficient (Wildman–Crippen LogP) is 1.30. The molecule has 2 N–H and O–H groups in total. The minimum absolute atomic E-state index is 0.0269. The highest BCUT2D eigenvalue weighted by Gasteiger charge is 2.16. The summed E-state index contributed by atoms with van der Waals surface area (Å²) in [6, 6.07) is 2.01. The summed E-state index contributed by atoms with van der Waals surface area (Å²) in [4.78, 5) is 11.0. The highest BCUT2D eigenvalue weighted by molar-refractivity contribution is 5.87. The van der Waals surface area contributed by atoms with Crippen LogP contribution < -0.4 is 5.32 Å². The minimum atomic E-state index is -0.911. The van der Waals surface area contributed by atoms with Gasteiger partial charge in [-0.1, -0.05) is 12.6 Å². The van der Waals surface area contributed by atoms with E-state index in [2.05, 4.69) is 11.9 Å². The molecular weight excluding hydrogens is 216 g/mol. The quantitative estimate of drug-likeness (QED) is 0.762. The lowest BCUT2D eigenvalue weighted by atomic mass is 10.1. The van der Waals surface area contributed by atoms with Crippen molar-refractivity contribution >= 4 is 5.91 Å². The van der Waals surface area contributed by atoms with Crippen molar-refractivity contribution in [3.63, 3.8) is 0 Å². The average Bonchev–Trinajstić information content (AvgIpc) is 2.26. The molecule has 86 valence electrons. The molecule has 0 bridgehead atoms. The third-order valence-electron chi connectivity index (χ3n) is 2.02. The Morgan fingerprint density at radius 2 is 2.25 bits per heavy atom. The first kappa shape index (κ1) is 12.3. The molecule has 1 amide bonds. The SMILES string of the molecule is C=CC(=O)NC(CO)c1ccc(F)cc1F. The van der Waals surface area contributed by atoms with Crippen LogP contribution in [0.1, 0.15) is 11.6 Å². The molecule has 0 spiro atoms. The van der Waals surface area contributed by atoms with Gasteiger partial charge < -0.3 is 10.4 Å². The molecule has 0 aliphatic heterocycles. The highest BCUT2D eigenvalue weighted by atomic mass is 19.1. The Morgan fingerprint density at radius 1 is 1.56 bits per heavy atom. The number of rotatable bonds is 4. The van der Waals surface area contributed by atoms with Gasteiger partial charge in [-0.2, -0.15) is 0 Å². The van der Waals surface area contributed by atoms with Crippen molar-refractivity contribution < 1.29 is 18.7 Å². The lowest BCUT2D eigenvalue weighted by molar-refractivity contribution is -0.117. The third-order valence-corrected chi connectivity index (χ3v) is 2.02. The Hall–Kier alpha value is -1.75. The molecule has 0 saturated carbocycles. The van der Waals surface area contributed by atoms with Crippen LogP contribution in [0.15, 0.2) is 30.9 Å². The molecule has 3 nitrogen and oxygen atoms in total. The first-order valence-corrected chi connectivity index (χ1v) is 4.57. The maximum absolute atomic E-state index is 13.3. The number of benzene rings is 1. The van der Waals surface area contributed by atoms with Gasteiger partial charge in [-0.05, 0) is 12.1 Å². The first-order chi connectivity index (χ1) is 7.58. The number of amides is 1. The van der Waals surface area contributed by atoms with Crippen molar-refractivity contribution in [1.82, 2.24) is 5.32 Å². The monoisotopic (exact) mass is 227 g/mol. The van der Waals surface area contributed by atoms with Crippen molar-refractivity contribution in [2.45, 2.75) is 6.04 Å². The highest BCUT2D eigenvalue weighted by Crippen LogP contribution is 2.17. The summed E-state index contributed by atoms with van der Waals surface area (Å²) in [6.07, 6.45) is 1.00. The second kappa shape index (κ2) is 5.37. The van der Waals surface area contributed by atoms with E-state index in [-0.39, 0.29) is 5.56 Å². The van der Waals surface area contributed by atoms with Crippen molar-refractivity contribution in [3.8, 4) is 0 Å². The number of carbonyl (C=O) groups excluding carboxylic acids is 1. The normalized spacial score (nSPS) is 11.9. The van der Waals surface area contributed by atoms with Crippen LogP contribution in [0.2, 0.25) is 0 Å². The second-order valence-corrected chi connectivity index (χ2v) is 3.11. The van der Waals surface area contributed by atoms with Crippen molar-refractivity contribution in [1.29, 1.82) is 0 Å². The van der Waals surface area contributed by atoms with Crippen LogP contribution in [-0.2, 0) is 4.79 Å². The zero-order valence-corrected chi connectivity index (χ0v) is 8.41. The van der Waals surface area contributed by atoms with E-state index < -0.39 is 30.2 Å². The standard InChI is InChI=1S/C11H11F2NO2/c1-2-11(16)14-10(6-15)8-4-3-7(12)5-9(8)13/h2-5,10,15H,1,6H2,(H,14,16). The van der Waals surface area contributed by atoms with Gasteiger partial charge in [-0.3, -0.25) is 4.79 Å². The first-order valence-electron chi connectivity index (χ1n) is 4.57. The summed E-state index contributed by atoms with van der Waals surface area (Å²) in [5.41, 5.74) is 0.0269. The number of hydrogen-bond acceptors (Lipinski definition) is 2. The van der Waals surface area contributed by atoms with Crippen LogP contribution in [0.3, 0.4) is 0 Å². The van der Waals surface area contributed by atoms with E-state index in [1.165, 1.54) is 6.07 Å². The molecule has 0 radical (unpaired) electrons. The minimum Gasteiger partial charge on any atom is -0.394 e. The van der Waals surface area contributed by atoms with Gasteiger partial charge in [0.25, 0.3) is 0 Å². The molecule has 1 aromatic rings. The molecule has 0 aromatic heterocycles. The molecule has 16 heavy (non-hydrogen) atoms. The fourth-order valence-corrected chi connectivity index (χ4v) is 1.24. The van der Waals surface area contributed by atoms with Gasteiger partial charge in [0.05, 0.1) is 12.6 Å². The largest absolute Gasteiger partial charge is 0.394 e. The van der Waals surface area contributed by atoms with Gasteiger partial charge >= 0.3 is 0 Å². The lowest BCUT2D eigenvalue weighted by Crippen LogP contribution is -2.29. The van der Waals surface area contributed by atoms with E-state index in [9.17, 15) is 13.6 Å². The Kier molecular flexibility index (Phi) is 4.13. The van der Waals surface area contributed by atoms with Crippen LogP contribution >= 0.6 is 0 Å². The van der Waals surface area contributed by atoms with Crippen LogP contribution in [0, 0.1) is 11.6 Å². The summed E-state index contributed by atoms with van der Waals surface area (Å²) in [5, 5.41) is 11.3. The molecule has 0 aliphatic rings. The Labute approximate surface area is 91.4 Å². The maximum atomic E-state index is 13.3. The number of hydrogen-bond donors (Lipinski definition) is 2. The van der Waals surface area contributed by atoms with E-state index in [1.807, 2.05) is 0 Å². The number of nitrogens with one attached hydrogen (secondary N) is 1. The van der Waals surface area contributed by atoms with Crippen LogP contribution in [-0.4, -0.2) is 17.6 Å². The predicted molar refractivity (Wildman–Crippen MR) is 54.5 cm³/mol. The van der Waals surface area contributed by atoms with Gasteiger partial charge in [-0.25, -0.2) is 8.78 Å². The number of carbonyl (C=O) groups is 1. The van der Waals surface area contributed by atoms with Crippen LogP contribution in [0.4, 0.5) is 8.78 Å². The van der Waals surface area contributed by atoms with E-state index in [1.54, 1.807) is 0 Å². The average molecular weight is 227 g/mol. The van der Waals surface area contributed by atoms with E-state index in [0.717, 1.165) is 12.1 Å². The molecule has 1 aromatic carbocycles. The van der Waals surface area contributed by atoms with Crippen molar-refractivity contribution in [2.75, 3.05) is 6.61 Å². The fourth-order valence-electron chi connectivity index (χ4n) is 1.24. The molecule has 0 saturated heterocycles. The molecule has 0 aliphatic carbocycles. The molecular formula is C11H11F2NO2. The number of halogens is 2.